The maximum Gasteiger partial charge on any atom is 0.258 e. The molecule has 2 unspecified atom stereocenters. The van der Waals surface area contributed by atoms with Crippen molar-refractivity contribution >= 4 is 23.7 Å². The summed E-state index contributed by atoms with van der Waals surface area (Å²) in [6.45, 7) is 0. The van der Waals surface area contributed by atoms with E-state index in [-0.39, 0.29) is 18.0 Å². The van der Waals surface area contributed by atoms with Gasteiger partial charge in [-0.05, 0) is 36.2 Å². The molecular formula is C21H19ClN4O2. The number of carbonyl (C=O) groups excluding carboxylic acids is 1. The zero-order valence-electron chi connectivity index (χ0n) is 14.9. The summed E-state index contributed by atoms with van der Waals surface area (Å²) in [6, 6.07) is 20.8. The van der Waals surface area contributed by atoms with Crippen molar-refractivity contribution in [3.8, 4) is 11.3 Å². The summed E-state index contributed by atoms with van der Waals surface area (Å²) in [6.07, 6.45) is 2.12. The van der Waals surface area contributed by atoms with E-state index in [0.717, 1.165) is 11.1 Å². The van der Waals surface area contributed by atoms with E-state index in [4.69, 9.17) is 16.0 Å². The monoisotopic (exact) mass is 394 g/mol. The molecule has 0 spiro atoms. The van der Waals surface area contributed by atoms with Crippen molar-refractivity contribution in [2.45, 2.75) is 18.5 Å². The minimum absolute atomic E-state index is 0.0891. The molecule has 0 bridgehead atoms. The number of nitrogens with zero attached hydrogens (tertiary/aromatic N) is 1. The Morgan fingerprint density at radius 1 is 1.11 bits per heavy atom. The first-order chi connectivity index (χ1) is 13.7. The van der Waals surface area contributed by atoms with Crippen molar-refractivity contribution in [3.63, 3.8) is 0 Å². The lowest BCUT2D eigenvalue weighted by Gasteiger charge is -2.08. The molecule has 3 aromatic rings. The quantitative estimate of drug-likeness (QED) is 0.456. The largest absolute Gasteiger partial charge is 0.455 e. The van der Waals surface area contributed by atoms with Crippen molar-refractivity contribution in [2.24, 2.45) is 5.10 Å². The van der Waals surface area contributed by atoms with Crippen LogP contribution in [-0.2, 0) is 4.79 Å². The Bertz CT molecular complexity index is 987. The lowest BCUT2D eigenvalue weighted by Crippen LogP contribution is -2.41. The van der Waals surface area contributed by atoms with Gasteiger partial charge in [0.2, 0.25) is 0 Å². The number of hydrazine groups is 1. The topological polar surface area (TPSA) is 78.7 Å². The van der Waals surface area contributed by atoms with Crippen LogP contribution in [0.5, 0.6) is 0 Å². The number of hydrazone groups is 1. The number of rotatable bonds is 5. The molecule has 0 aliphatic carbocycles. The van der Waals surface area contributed by atoms with Crippen LogP contribution in [0.15, 0.2) is 76.2 Å². The summed E-state index contributed by atoms with van der Waals surface area (Å²) < 4.78 is 5.72. The van der Waals surface area contributed by atoms with Crippen LogP contribution < -0.4 is 16.3 Å². The van der Waals surface area contributed by atoms with Crippen LogP contribution in [0.1, 0.15) is 23.8 Å². The van der Waals surface area contributed by atoms with E-state index in [1.54, 1.807) is 12.1 Å². The molecular weight excluding hydrogens is 376 g/mol. The Labute approximate surface area is 167 Å². The SMILES string of the molecule is O=C(N/N=C/c1ccc(-c2cccc(Cl)c2)o1)C1CC(c2ccccc2)NN1. The van der Waals surface area contributed by atoms with E-state index in [1.165, 1.54) is 6.21 Å². The molecule has 1 aliphatic rings. The summed E-state index contributed by atoms with van der Waals surface area (Å²) in [5.74, 6) is 1.02. The average Bonchev–Trinajstić information content (AvgIpc) is 3.39. The molecule has 6 nitrogen and oxygen atoms in total. The number of hydrogen-bond donors (Lipinski definition) is 3. The molecule has 3 N–H and O–H groups in total. The third kappa shape index (κ3) is 4.31. The van der Waals surface area contributed by atoms with Gasteiger partial charge in [0, 0.05) is 16.6 Å². The number of amides is 1. The summed E-state index contributed by atoms with van der Waals surface area (Å²) in [5, 5.41) is 4.64. The van der Waals surface area contributed by atoms with Gasteiger partial charge in [0.05, 0.1) is 6.21 Å². The van der Waals surface area contributed by atoms with E-state index >= 15 is 0 Å². The van der Waals surface area contributed by atoms with Gasteiger partial charge in [-0.25, -0.2) is 16.3 Å². The highest BCUT2D eigenvalue weighted by Crippen LogP contribution is 2.24. The third-order valence-corrected chi connectivity index (χ3v) is 4.76. The van der Waals surface area contributed by atoms with Gasteiger partial charge in [-0.2, -0.15) is 5.10 Å². The number of furan rings is 1. The normalized spacial score (nSPS) is 19.2. The second kappa shape index (κ2) is 8.39. The Hall–Kier alpha value is -2.93. The number of halogens is 1. The second-order valence-electron chi connectivity index (χ2n) is 6.49. The van der Waals surface area contributed by atoms with Crippen LogP contribution in [-0.4, -0.2) is 18.2 Å². The number of benzene rings is 2. The zero-order valence-corrected chi connectivity index (χ0v) is 15.7. The summed E-state index contributed by atoms with van der Waals surface area (Å²) in [7, 11) is 0. The van der Waals surface area contributed by atoms with Crippen LogP contribution in [0.2, 0.25) is 5.02 Å². The predicted octanol–water partition coefficient (Wildman–Crippen LogP) is 3.66. The zero-order chi connectivity index (χ0) is 19.3. The fraction of sp³-hybridized carbons (Fsp3) is 0.143. The molecule has 142 valence electrons. The second-order valence-corrected chi connectivity index (χ2v) is 6.92. The first kappa shape index (κ1) is 18.4. The first-order valence-electron chi connectivity index (χ1n) is 8.94. The fourth-order valence-electron chi connectivity index (χ4n) is 3.09. The Morgan fingerprint density at radius 2 is 1.96 bits per heavy atom. The number of hydrogen-bond acceptors (Lipinski definition) is 5. The Balaban J connectivity index is 1.32. The molecule has 1 saturated heterocycles. The van der Waals surface area contributed by atoms with Gasteiger partial charge in [-0.3, -0.25) is 4.79 Å². The highest BCUT2D eigenvalue weighted by Gasteiger charge is 2.29. The minimum atomic E-state index is -0.360. The van der Waals surface area contributed by atoms with Gasteiger partial charge in [0.25, 0.3) is 5.91 Å². The molecule has 1 fully saturated rings. The molecule has 1 aliphatic heterocycles. The maximum absolute atomic E-state index is 12.3. The highest BCUT2D eigenvalue weighted by atomic mass is 35.5. The maximum atomic E-state index is 12.3. The van der Waals surface area contributed by atoms with Crippen LogP contribution in [0, 0.1) is 0 Å². The first-order valence-corrected chi connectivity index (χ1v) is 9.31. The van der Waals surface area contributed by atoms with Gasteiger partial charge in [0.15, 0.2) is 0 Å². The van der Waals surface area contributed by atoms with Crippen LogP contribution >= 0.6 is 11.6 Å². The van der Waals surface area contributed by atoms with Crippen LogP contribution in [0.3, 0.4) is 0 Å². The van der Waals surface area contributed by atoms with Crippen molar-refractivity contribution < 1.29 is 9.21 Å². The Kier molecular flexibility index (Phi) is 5.53. The summed E-state index contributed by atoms with van der Waals surface area (Å²) in [5.41, 5.74) is 10.7. The Morgan fingerprint density at radius 3 is 2.79 bits per heavy atom. The minimum Gasteiger partial charge on any atom is -0.455 e. The van der Waals surface area contributed by atoms with Crippen molar-refractivity contribution in [1.29, 1.82) is 0 Å². The molecule has 0 saturated carbocycles. The lowest BCUT2D eigenvalue weighted by molar-refractivity contribution is -0.122. The molecule has 1 amide bonds. The van der Waals surface area contributed by atoms with Gasteiger partial charge in [-0.15, -0.1) is 0 Å². The molecule has 2 aromatic carbocycles. The molecule has 4 rings (SSSR count). The van der Waals surface area contributed by atoms with Crippen molar-refractivity contribution in [1.82, 2.24) is 16.3 Å². The molecule has 1 aromatic heterocycles. The third-order valence-electron chi connectivity index (χ3n) is 4.52. The summed E-state index contributed by atoms with van der Waals surface area (Å²) in [4.78, 5) is 12.3. The van der Waals surface area contributed by atoms with E-state index in [1.807, 2.05) is 54.6 Å². The van der Waals surface area contributed by atoms with Crippen LogP contribution in [0.25, 0.3) is 11.3 Å². The van der Waals surface area contributed by atoms with Crippen molar-refractivity contribution in [3.05, 3.63) is 83.1 Å². The number of carbonyl (C=O) groups is 1. The smallest absolute Gasteiger partial charge is 0.258 e. The average molecular weight is 395 g/mol. The van der Waals surface area contributed by atoms with E-state index in [9.17, 15) is 4.79 Å². The standard InChI is InChI=1S/C21H19ClN4O2/c22-16-8-4-7-15(11-16)20-10-9-17(28-20)13-23-26-21(27)19-12-18(24-25-19)14-5-2-1-3-6-14/h1-11,13,18-19,24-25H,12H2,(H,26,27)/b23-13+. The predicted molar refractivity (Wildman–Crippen MR) is 109 cm³/mol. The fourth-order valence-corrected chi connectivity index (χ4v) is 3.28. The highest BCUT2D eigenvalue weighted by molar-refractivity contribution is 6.30. The van der Waals surface area contributed by atoms with Gasteiger partial charge in [0.1, 0.15) is 17.6 Å². The molecule has 7 heteroatoms. The van der Waals surface area contributed by atoms with Crippen molar-refractivity contribution in [2.75, 3.05) is 0 Å². The molecule has 0 radical (unpaired) electrons. The van der Waals surface area contributed by atoms with Gasteiger partial charge in [-0.1, -0.05) is 54.1 Å². The lowest BCUT2D eigenvalue weighted by atomic mass is 10.0. The van der Waals surface area contributed by atoms with Gasteiger partial charge < -0.3 is 4.42 Å². The van der Waals surface area contributed by atoms with Crippen LogP contribution in [0.4, 0.5) is 0 Å². The molecule has 2 atom stereocenters. The van der Waals surface area contributed by atoms with E-state index in [0.29, 0.717) is 23.0 Å². The number of nitrogens with one attached hydrogen (secondary N) is 3. The molecule has 28 heavy (non-hydrogen) atoms. The van der Waals surface area contributed by atoms with E-state index in [2.05, 4.69) is 21.4 Å². The van der Waals surface area contributed by atoms with E-state index < -0.39 is 0 Å². The molecule has 2 heterocycles. The van der Waals surface area contributed by atoms with Gasteiger partial charge >= 0.3 is 0 Å². The summed E-state index contributed by atoms with van der Waals surface area (Å²) >= 11 is 6.00.